The Labute approximate surface area is 153 Å². The van der Waals surface area contributed by atoms with Crippen molar-refractivity contribution in [2.24, 2.45) is 0 Å². The molecule has 0 aliphatic heterocycles. The van der Waals surface area contributed by atoms with Crippen LogP contribution in [-0.4, -0.2) is 14.2 Å². The van der Waals surface area contributed by atoms with Crippen LogP contribution in [0.5, 0.6) is 5.75 Å². The van der Waals surface area contributed by atoms with Gasteiger partial charge >= 0.3 is 10.1 Å². The highest BCUT2D eigenvalue weighted by atomic mass is 32.2. The van der Waals surface area contributed by atoms with Crippen molar-refractivity contribution in [1.82, 2.24) is 0 Å². The normalized spacial score (nSPS) is 11.2. The van der Waals surface area contributed by atoms with Gasteiger partial charge in [0.1, 0.15) is 10.6 Å². The average Bonchev–Trinajstić information content (AvgIpc) is 2.62. The van der Waals surface area contributed by atoms with E-state index in [-0.39, 0.29) is 16.4 Å². The smallest absolute Gasteiger partial charge is 0.339 e. The third-order valence-electron chi connectivity index (χ3n) is 3.97. The van der Waals surface area contributed by atoms with Crippen molar-refractivity contribution in [2.75, 3.05) is 0 Å². The third-order valence-corrected chi connectivity index (χ3v) is 5.23. The standard InChI is InChI=1S/C21H18O4S/c1-15-8-11-19(12-9-15)26(23,24)25-18-10-13-20(16(2)22)21(14-18)17-6-4-3-5-7-17/h3-14H,1-2H3. The van der Waals surface area contributed by atoms with Gasteiger partial charge in [-0.1, -0.05) is 48.0 Å². The highest BCUT2D eigenvalue weighted by Crippen LogP contribution is 2.30. The second-order valence-electron chi connectivity index (χ2n) is 5.98. The van der Waals surface area contributed by atoms with E-state index in [1.54, 1.807) is 24.3 Å². The van der Waals surface area contributed by atoms with Crippen LogP contribution in [0.4, 0.5) is 0 Å². The minimum Gasteiger partial charge on any atom is -0.379 e. The van der Waals surface area contributed by atoms with Gasteiger partial charge in [-0.25, -0.2) is 0 Å². The maximum atomic E-state index is 12.5. The monoisotopic (exact) mass is 366 g/mol. The Balaban J connectivity index is 2.01. The molecule has 0 bridgehead atoms. The fraction of sp³-hybridized carbons (Fsp3) is 0.0952. The van der Waals surface area contributed by atoms with Gasteiger partial charge in [0.25, 0.3) is 0 Å². The predicted molar refractivity (Wildman–Crippen MR) is 101 cm³/mol. The first-order valence-corrected chi connectivity index (χ1v) is 9.49. The topological polar surface area (TPSA) is 60.4 Å². The van der Waals surface area contributed by atoms with Crippen LogP contribution in [0, 0.1) is 6.92 Å². The number of ketones is 1. The van der Waals surface area contributed by atoms with Crippen molar-refractivity contribution in [3.8, 4) is 16.9 Å². The average molecular weight is 366 g/mol. The fourth-order valence-corrected chi connectivity index (χ4v) is 3.54. The van der Waals surface area contributed by atoms with E-state index in [4.69, 9.17) is 4.18 Å². The van der Waals surface area contributed by atoms with E-state index in [1.165, 1.54) is 25.1 Å². The van der Waals surface area contributed by atoms with E-state index in [1.807, 2.05) is 37.3 Å². The van der Waals surface area contributed by atoms with Gasteiger partial charge in [-0.15, -0.1) is 0 Å². The molecule has 3 aromatic rings. The summed E-state index contributed by atoms with van der Waals surface area (Å²) in [7, 11) is -3.95. The molecular weight excluding hydrogens is 348 g/mol. The predicted octanol–water partition coefficient (Wildman–Crippen LogP) is 4.63. The first kappa shape index (κ1) is 17.9. The molecule has 0 aliphatic carbocycles. The molecule has 0 saturated heterocycles. The second-order valence-corrected chi connectivity index (χ2v) is 7.53. The van der Waals surface area contributed by atoms with Gasteiger partial charge in [0.2, 0.25) is 0 Å². The lowest BCUT2D eigenvalue weighted by atomic mass is 9.97. The van der Waals surface area contributed by atoms with E-state index in [0.29, 0.717) is 11.1 Å². The molecule has 3 rings (SSSR count). The SMILES string of the molecule is CC(=O)c1ccc(OS(=O)(=O)c2ccc(C)cc2)cc1-c1ccccc1. The Kier molecular flexibility index (Phi) is 4.91. The van der Waals surface area contributed by atoms with Crippen LogP contribution in [0.1, 0.15) is 22.8 Å². The molecule has 3 aromatic carbocycles. The minimum absolute atomic E-state index is 0.0833. The zero-order chi connectivity index (χ0) is 18.7. The van der Waals surface area contributed by atoms with Gasteiger partial charge in [0.15, 0.2) is 5.78 Å². The second kappa shape index (κ2) is 7.14. The minimum atomic E-state index is -3.95. The summed E-state index contributed by atoms with van der Waals surface area (Å²) in [6.45, 7) is 3.36. The van der Waals surface area contributed by atoms with Crippen molar-refractivity contribution in [1.29, 1.82) is 0 Å². The van der Waals surface area contributed by atoms with Crippen LogP contribution in [0.3, 0.4) is 0 Å². The molecule has 0 aliphatic rings. The molecule has 0 aromatic heterocycles. The van der Waals surface area contributed by atoms with Crippen LogP contribution < -0.4 is 4.18 Å². The number of hydrogen-bond donors (Lipinski definition) is 0. The molecule has 0 saturated carbocycles. The lowest BCUT2D eigenvalue weighted by molar-refractivity contribution is 0.101. The number of carbonyl (C=O) groups excluding carboxylic acids is 1. The van der Waals surface area contributed by atoms with Gasteiger partial charge in [-0.3, -0.25) is 4.79 Å². The molecule has 0 radical (unpaired) electrons. The van der Waals surface area contributed by atoms with Crippen LogP contribution in [-0.2, 0) is 10.1 Å². The van der Waals surface area contributed by atoms with Gasteiger partial charge in [-0.05, 0) is 55.3 Å². The van der Waals surface area contributed by atoms with E-state index >= 15 is 0 Å². The largest absolute Gasteiger partial charge is 0.379 e. The summed E-state index contributed by atoms with van der Waals surface area (Å²) in [6.07, 6.45) is 0. The van der Waals surface area contributed by atoms with E-state index < -0.39 is 10.1 Å². The van der Waals surface area contributed by atoms with Crippen molar-refractivity contribution in [3.63, 3.8) is 0 Å². The Morgan fingerprint density at radius 3 is 2.15 bits per heavy atom. The number of carbonyl (C=O) groups is 1. The van der Waals surface area contributed by atoms with E-state index in [2.05, 4.69) is 0 Å². The van der Waals surface area contributed by atoms with Crippen molar-refractivity contribution in [2.45, 2.75) is 18.7 Å². The highest BCUT2D eigenvalue weighted by Gasteiger charge is 2.18. The summed E-state index contributed by atoms with van der Waals surface area (Å²) in [5.41, 5.74) is 2.92. The van der Waals surface area contributed by atoms with Gasteiger partial charge in [-0.2, -0.15) is 8.42 Å². The number of rotatable bonds is 5. The molecule has 0 fully saturated rings. The van der Waals surface area contributed by atoms with E-state index in [0.717, 1.165) is 11.1 Å². The molecule has 4 nitrogen and oxygen atoms in total. The third kappa shape index (κ3) is 3.83. The molecule has 0 N–H and O–H groups in total. The van der Waals surface area contributed by atoms with Crippen LogP contribution in [0.15, 0.2) is 77.7 Å². The molecule has 0 spiro atoms. The zero-order valence-electron chi connectivity index (χ0n) is 14.5. The lowest BCUT2D eigenvalue weighted by Crippen LogP contribution is -2.10. The van der Waals surface area contributed by atoms with Crippen LogP contribution >= 0.6 is 0 Å². The molecule has 5 heteroatoms. The molecule has 0 amide bonds. The molecule has 0 heterocycles. The lowest BCUT2D eigenvalue weighted by Gasteiger charge is -2.12. The molecule has 132 valence electrons. The molecule has 0 atom stereocenters. The fourth-order valence-electron chi connectivity index (χ4n) is 2.62. The van der Waals surface area contributed by atoms with E-state index in [9.17, 15) is 13.2 Å². The molecule has 26 heavy (non-hydrogen) atoms. The number of Topliss-reactive ketones (excluding diaryl/α,β-unsaturated/α-hetero) is 1. The van der Waals surface area contributed by atoms with Gasteiger partial charge in [0, 0.05) is 5.56 Å². The Bertz CT molecular complexity index is 1040. The van der Waals surface area contributed by atoms with Crippen molar-refractivity contribution >= 4 is 15.9 Å². The maximum absolute atomic E-state index is 12.5. The summed E-state index contributed by atoms with van der Waals surface area (Å²) in [6, 6.07) is 20.4. The summed E-state index contributed by atoms with van der Waals surface area (Å²) in [4.78, 5) is 12.0. The summed E-state index contributed by atoms with van der Waals surface area (Å²) < 4.78 is 30.3. The van der Waals surface area contributed by atoms with Crippen LogP contribution in [0.2, 0.25) is 0 Å². The van der Waals surface area contributed by atoms with Crippen molar-refractivity contribution in [3.05, 3.63) is 83.9 Å². The Morgan fingerprint density at radius 2 is 1.54 bits per heavy atom. The molecular formula is C21H18O4S. The summed E-state index contributed by atoms with van der Waals surface area (Å²) >= 11 is 0. The number of benzene rings is 3. The maximum Gasteiger partial charge on any atom is 0.339 e. The van der Waals surface area contributed by atoms with Crippen molar-refractivity contribution < 1.29 is 17.4 Å². The molecule has 0 unspecified atom stereocenters. The van der Waals surface area contributed by atoms with Crippen LogP contribution in [0.25, 0.3) is 11.1 Å². The summed E-state index contributed by atoms with van der Waals surface area (Å²) in [5.74, 6) is 0.0613. The number of aryl methyl sites for hydroxylation is 1. The quantitative estimate of drug-likeness (QED) is 0.488. The highest BCUT2D eigenvalue weighted by molar-refractivity contribution is 7.87. The first-order chi connectivity index (χ1) is 12.4. The van der Waals surface area contributed by atoms with Gasteiger partial charge < -0.3 is 4.18 Å². The first-order valence-electron chi connectivity index (χ1n) is 8.08. The summed E-state index contributed by atoms with van der Waals surface area (Å²) in [5, 5.41) is 0. The zero-order valence-corrected chi connectivity index (χ0v) is 15.3. The Morgan fingerprint density at radius 1 is 0.885 bits per heavy atom. The number of hydrogen-bond acceptors (Lipinski definition) is 4. The Hall–Kier alpha value is -2.92. The van der Waals surface area contributed by atoms with Gasteiger partial charge in [0.05, 0.1) is 0 Å².